The van der Waals surface area contributed by atoms with Crippen molar-refractivity contribution in [1.82, 2.24) is 9.62 Å². The summed E-state index contributed by atoms with van der Waals surface area (Å²) in [7, 11) is -3.84. The maximum absolute atomic E-state index is 13.0. The fourth-order valence-corrected chi connectivity index (χ4v) is 5.46. The van der Waals surface area contributed by atoms with Crippen LogP contribution in [0.3, 0.4) is 0 Å². The molecule has 0 spiro atoms. The first-order valence-electron chi connectivity index (χ1n) is 10.6. The van der Waals surface area contributed by atoms with E-state index < -0.39 is 14.9 Å². The highest BCUT2D eigenvalue weighted by Gasteiger charge is 2.33. The van der Waals surface area contributed by atoms with Crippen LogP contribution in [0.15, 0.2) is 23.1 Å². The van der Waals surface area contributed by atoms with E-state index in [1.54, 1.807) is 6.92 Å². The first kappa shape index (κ1) is 24.3. The molecule has 1 aliphatic rings. The number of non-ortho nitro benzene ring substituents is 1. The molecule has 1 saturated heterocycles. The summed E-state index contributed by atoms with van der Waals surface area (Å²) in [6.45, 7) is 8.44. The third kappa shape index (κ3) is 6.25. The summed E-state index contributed by atoms with van der Waals surface area (Å²) in [5.74, 6) is 0.416. The molecule has 0 radical (unpaired) electrons. The minimum atomic E-state index is -3.84. The van der Waals surface area contributed by atoms with E-state index in [4.69, 9.17) is 0 Å². The van der Waals surface area contributed by atoms with Crippen LogP contribution in [0.5, 0.6) is 0 Å². The lowest BCUT2D eigenvalue weighted by Crippen LogP contribution is -2.44. The van der Waals surface area contributed by atoms with Crippen molar-refractivity contribution >= 4 is 21.6 Å². The first-order valence-corrected chi connectivity index (χ1v) is 12.0. The Hall–Kier alpha value is -2.00. The Morgan fingerprint density at radius 1 is 1.23 bits per heavy atom. The van der Waals surface area contributed by atoms with Crippen molar-refractivity contribution in [3.63, 3.8) is 0 Å². The van der Waals surface area contributed by atoms with Crippen LogP contribution < -0.4 is 5.32 Å². The molecule has 1 amide bonds. The van der Waals surface area contributed by atoms with E-state index in [1.807, 2.05) is 6.92 Å². The highest BCUT2D eigenvalue weighted by molar-refractivity contribution is 7.89. The van der Waals surface area contributed by atoms with E-state index in [0.29, 0.717) is 24.3 Å². The van der Waals surface area contributed by atoms with E-state index in [2.05, 4.69) is 19.2 Å². The summed E-state index contributed by atoms with van der Waals surface area (Å²) in [5, 5.41) is 14.1. The molecule has 8 nitrogen and oxygen atoms in total. The predicted molar refractivity (Wildman–Crippen MR) is 116 cm³/mol. The summed E-state index contributed by atoms with van der Waals surface area (Å²) in [5.41, 5.74) is 0.218. The van der Waals surface area contributed by atoms with Crippen molar-refractivity contribution in [2.75, 3.05) is 13.1 Å². The van der Waals surface area contributed by atoms with Gasteiger partial charge in [0.1, 0.15) is 0 Å². The Morgan fingerprint density at radius 2 is 1.87 bits per heavy atom. The van der Waals surface area contributed by atoms with Crippen molar-refractivity contribution in [3.8, 4) is 0 Å². The van der Waals surface area contributed by atoms with E-state index in [1.165, 1.54) is 16.4 Å². The number of amides is 1. The molecule has 1 N–H and O–H groups in total. The molecule has 1 aliphatic heterocycles. The SMILES string of the molecule is Cc1ccc([N+](=O)[O-])cc1S(=O)(=O)N1CCC(C(=O)NC(C)CCCC(C)C)CC1. The lowest BCUT2D eigenvalue weighted by molar-refractivity contribution is -0.385. The second kappa shape index (κ2) is 10.3. The molecule has 168 valence electrons. The van der Waals surface area contributed by atoms with Crippen LogP contribution in [0, 0.1) is 28.9 Å². The Kier molecular flexibility index (Phi) is 8.37. The van der Waals surface area contributed by atoms with Crippen LogP contribution in [0.25, 0.3) is 0 Å². The molecule has 0 aliphatic carbocycles. The van der Waals surface area contributed by atoms with Crippen molar-refractivity contribution in [3.05, 3.63) is 33.9 Å². The van der Waals surface area contributed by atoms with Gasteiger partial charge in [0.15, 0.2) is 0 Å². The molecule has 2 rings (SSSR count). The molecule has 9 heteroatoms. The summed E-state index contributed by atoms with van der Waals surface area (Å²) < 4.78 is 27.4. The summed E-state index contributed by atoms with van der Waals surface area (Å²) in [6.07, 6.45) is 4.02. The first-order chi connectivity index (χ1) is 14.0. The smallest absolute Gasteiger partial charge is 0.270 e. The maximum atomic E-state index is 13.0. The van der Waals surface area contributed by atoms with Gasteiger partial charge in [0.2, 0.25) is 15.9 Å². The fraction of sp³-hybridized carbons (Fsp3) is 0.667. The van der Waals surface area contributed by atoms with Gasteiger partial charge in [-0.25, -0.2) is 8.42 Å². The summed E-state index contributed by atoms with van der Waals surface area (Å²) >= 11 is 0. The van der Waals surface area contributed by atoms with Gasteiger partial charge >= 0.3 is 0 Å². The average molecular weight is 440 g/mol. The number of sulfonamides is 1. The number of piperidine rings is 1. The second-order valence-corrected chi connectivity index (χ2v) is 10.5. The van der Waals surface area contributed by atoms with Gasteiger partial charge in [-0.05, 0) is 44.6 Å². The van der Waals surface area contributed by atoms with Crippen molar-refractivity contribution in [1.29, 1.82) is 0 Å². The number of nitro groups is 1. The molecular weight excluding hydrogens is 406 g/mol. The topological polar surface area (TPSA) is 110 Å². The van der Waals surface area contributed by atoms with E-state index in [-0.39, 0.29) is 41.5 Å². The third-order valence-corrected chi connectivity index (χ3v) is 7.67. The molecule has 1 unspecified atom stereocenters. The molecule has 1 fully saturated rings. The Morgan fingerprint density at radius 3 is 2.43 bits per heavy atom. The highest BCUT2D eigenvalue weighted by atomic mass is 32.2. The number of benzene rings is 1. The molecule has 30 heavy (non-hydrogen) atoms. The number of nitro benzene ring substituents is 1. The van der Waals surface area contributed by atoms with Crippen molar-refractivity contribution in [2.45, 2.75) is 70.7 Å². The van der Waals surface area contributed by atoms with Crippen LogP contribution >= 0.6 is 0 Å². The Bertz CT molecular complexity index is 861. The lowest BCUT2D eigenvalue weighted by atomic mass is 9.96. The fourth-order valence-electron chi connectivity index (χ4n) is 3.74. The monoisotopic (exact) mass is 439 g/mol. The van der Waals surface area contributed by atoms with Crippen LogP contribution in [0.2, 0.25) is 0 Å². The number of carbonyl (C=O) groups excluding carboxylic acids is 1. The van der Waals surface area contributed by atoms with Crippen LogP contribution in [0.1, 0.15) is 58.4 Å². The zero-order valence-electron chi connectivity index (χ0n) is 18.3. The van der Waals surface area contributed by atoms with Gasteiger partial charge in [-0.15, -0.1) is 0 Å². The number of hydrogen-bond donors (Lipinski definition) is 1. The van der Waals surface area contributed by atoms with Gasteiger partial charge in [-0.2, -0.15) is 4.31 Å². The molecule has 0 saturated carbocycles. The highest BCUT2D eigenvalue weighted by Crippen LogP contribution is 2.28. The minimum Gasteiger partial charge on any atom is -0.353 e. The van der Waals surface area contributed by atoms with Gasteiger partial charge in [0.25, 0.3) is 5.69 Å². The van der Waals surface area contributed by atoms with Crippen molar-refractivity contribution in [2.24, 2.45) is 11.8 Å². The predicted octanol–water partition coefficient (Wildman–Crippen LogP) is 3.63. The third-order valence-electron chi connectivity index (χ3n) is 5.63. The normalized spacial score (nSPS) is 17.1. The van der Waals surface area contributed by atoms with E-state index >= 15 is 0 Å². The largest absolute Gasteiger partial charge is 0.353 e. The Labute approximate surface area is 179 Å². The summed E-state index contributed by atoms with van der Waals surface area (Å²) in [6, 6.07) is 3.96. The molecular formula is C21H33N3O5S. The number of nitrogens with zero attached hydrogens (tertiary/aromatic N) is 2. The summed E-state index contributed by atoms with van der Waals surface area (Å²) in [4.78, 5) is 22.9. The van der Waals surface area contributed by atoms with Gasteiger partial charge < -0.3 is 5.32 Å². The van der Waals surface area contributed by atoms with Crippen LogP contribution in [-0.4, -0.2) is 42.7 Å². The van der Waals surface area contributed by atoms with E-state index in [0.717, 1.165) is 25.3 Å². The molecule has 1 heterocycles. The molecule has 1 atom stereocenters. The second-order valence-electron chi connectivity index (χ2n) is 8.62. The lowest BCUT2D eigenvalue weighted by Gasteiger charge is -2.31. The molecule has 1 aromatic carbocycles. The zero-order valence-corrected chi connectivity index (χ0v) is 19.1. The molecule has 0 bridgehead atoms. The van der Waals surface area contributed by atoms with E-state index in [9.17, 15) is 23.3 Å². The van der Waals surface area contributed by atoms with Gasteiger partial charge in [-0.1, -0.05) is 32.8 Å². The number of hydrogen-bond acceptors (Lipinski definition) is 5. The van der Waals surface area contributed by atoms with Gasteiger partial charge in [0.05, 0.1) is 9.82 Å². The number of carbonyl (C=O) groups is 1. The van der Waals surface area contributed by atoms with Crippen LogP contribution in [-0.2, 0) is 14.8 Å². The van der Waals surface area contributed by atoms with Crippen molar-refractivity contribution < 1.29 is 18.1 Å². The Balaban J connectivity index is 1.95. The minimum absolute atomic E-state index is 0.0179. The average Bonchev–Trinajstić information content (AvgIpc) is 2.67. The van der Waals surface area contributed by atoms with Gasteiger partial charge in [-0.3, -0.25) is 14.9 Å². The standard InChI is InChI=1S/C21H33N3O5S/c1-15(2)6-5-7-17(4)22-21(25)18-10-12-23(13-11-18)30(28,29)20-14-19(24(26)27)9-8-16(20)3/h8-9,14-15,17-18H,5-7,10-13H2,1-4H3,(H,22,25). The zero-order chi connectivity index (χ0) is 22.5. The molecule has 1 aromatic rings. The molecule has 0 aromatic heterocycles. The number of nitrogens with one attached hydrogen (secondary N) is 1. The maximum Gasteiger partial charge on any atom is 0.270 e. The number of rotatable bonds is 9. The quantitative estimate of drug-likeness (QED) is 0.467. The van der Waals surface area contributed by atoms with Gasteiger partial charge in [0, 0.05) is 37.2 Å². The number of aryl methyl sites for hydroxylation is 1. The van der Waals surface area contributed by atoms with Crippen LogP contribution in [0.4, 0.5) is 5.69 Å².